The zero-order chi connectivity index (χ0) is 18.9. The molecule has 2 unspecified atom stereocenters. The lowest BCUT2D eigenvalue weighted by molar-refractivity contribution is -0.121. The Hall–Kier alpha value is -1.63. The van der Waals surface area contributed by atoms with Crippen molar-refractivity contribution in [2.75, 3.05) is 6.54 Å². The molecule has 148 valence electrons. The van der Waals surface area contributed by atoms with Gasteiger partial charge in [-0.15, -0.1) is 0 Å². The standard InChI is InChI=1S/C19H33N3O4/c20-17(24)11-7-2-1-6-10-15-18(25)21-19(26)22(15)13-12-16(23)14-8-4-3-5-9-14/h14-16,23H,1-13H2,(H2,20,24)(H,21,25,26). The number of imide groups is 1. The fourth-order valence-corrected chi connectivity index (χ4v) is 4.10. The van der Waals surface area contributed by atoms with Gasteiger partial charge in [0.1, 0.15) is 6.04 Å². The molecule has 4 N–H and O–H groups in total. The van der Waals surface area contributed by atoms with Crippen molar-refractivity contribution >= 4 is 17.8 Å². The van der Waals surface area contributed by atoms with Crippen LogP contribution in [-0.2, 0) is 9.59 Å². The first-order chi connectivity index (χ1) is 12.5. The van der Waals surface area contributed by atoms with E-state index >= 15 is 0 Å². The molecule has 0 bridgehead atoms. The van der Waals surface area contributed by atoms with E-state index < -0.39 is 12.1 Å². The molecular weight excluding hydrogens is 334 g/mol. The fourth-order valence-electron chi connectivity index (χ4n) is 4.10. The molecule has 2 atom stereocenters. The summed E-state index contributed by atoms with van der Waals surface area (Å²) in [6.45, 7) is 0.418. The molecule has 1 heterocycles. The molecule has 2 aliphatic rings. The Labute approximate surface area is 155 Å². The first-order valence-electron chi connectivity index (χ1n) is 10.1. The van der Waals surface area contributed by atoms with E-state index in [1.54, 1.807) is 4.90 Å². The molecule has 2 fully saturated rings. The minimum Gasteiger partial charge on any atom is -0.393 e. The number of carbonyl (C=O) groups excluding carboxylic acids is 3. The van der Waals surface area contributed by atoms with Crippen LogP contribution in [0.25, 0.3) is 0 Å². The molecule has 1 saturated carbocycles. The van der Waals surface area contributed by atoms with Gasteiger partial charge in [-0.3, -0.25) is 14.9 Å². The summed E-state index contributed by atoms with van der Waals surface area (Å²) in [5, 5.41) is 12.8. The number of hydrogen-bond acceptors (Lipinski definition) is 4. The average Bonchev–Trinajstić information content (AvgIpc) is 2.89. The summed E-state index contributed by atoms with van der Waals surface area (Å²) in [6.07, 6.45) is 10.2. The smallest absolute Gasteiger partial charge is 0.324 e. The van der Waals surface area contributed by atoms with Gasteiger partial charge in [0.25, 0.3) is 5.91 Å². The van der Waals surface area contributed by atoms with E-state index in [9.17, 15) is 19.5 Å². The van der Waals surface area contributed by atoms with Crippen molar-refractivity contribution in [1.82, 2.24) is 10.2 Å². The number of unbranched alkanes of at least 4 members (excludes halogenated alkanes) is 3. The maximum Gasteiger partial charge on any atom is 0.324 e. The van der Waals surface area contributed by atoms with Gasteiger partial charge in [0, 0.05) is 13.0 Å². The molecule has 0 aromatic rings. The second kappa shape index (κ2) is 10.5. The van der Waals surface area contributed by atoms with Crippen molar-refractivity contribution in [2.45, 2.75) is 89.2 Å². The Balaban J connectivity index is 1.73. The molecule has 1 saturated heterocycles. The van der Waals surface area contributed by atoms with Gasteiger partial charge in [-0.2, -0.15) is 0 Å². The Morgan fingerprint density at radius 1 is 1.15 bits per heavy atom. The third-order valence-electron chi connectivity index (χ3n) is 5.68. The third kappa shape index (κ3) is 6.27. The quantitative estimate of drug-likeness (QED) is 0.383. The van der Waals surface area contributed by atoms with E-state index in [4.69, 9.17) is 5.73 Å². The van der Waals surface area contributed by atoms with Crippen LogP contribution in [0, 0.1) is 5.92 Å². The number of primary amides is 1. The highest BCUT2D eigenvalue weighted by Gasteiger charge is 2.38. The van der Waals surface area contributed by atoms with Crippen LogP contribution in [0.2, 0.25) is 0 Å². The molecule has 0 radical (unpaired) electrons. The molecule has 1 aliphatic carbocycles. The van der Waals surface area contributed by atoms with Crippen LogP contribution in [-0.4, -0.2) is 46.5 Å². The van der Waals surface area contributed by atoms with Crippen molar-refractivity contribution in [3.8, 4) is 0 Å². The van der Waals surface area contributed by atoms with E-state index in [1.165, 1.54) is 19.3 Å². The van der Waals surface area contributed by atoms with Crippen LogP contribution in [0.1, 0.15) is 77.0 Å². The zero-order valence-corrected chi connectivity index (χ0v) is 15.6. The number of urea groups is 1. The third-order valence-corrected chi connectivity index (χ3v) is 5.68. The zero-order valence-electron chi connectivity index (χ0n) is 15.6. The first-order valence-corrected chi connectivity index (χ1v) is 10.1. The first kappa shape index (κ1) is 20.7. The monoisotopic (exact) mass is 367 g/mol. The number of aliphatic hydroxyl groups is 1. The number of hydrogen-bond donors (Lipinski definition) is 3. The van der Waals surface area contributed by atoms with Crippen molar-refractivity contribution < 1.29 is 19.5 Å². The summed E-state index contributed by atoms with van der Waals surface area (Å²) in [6, 6.07) is -0.776. The highest BCUT2D eigenvalue weighted by Crippen LogP contribution is 2.28. The van der Waals surface area contributed by atoms with Crippen LogP contribution in [0.15, 0.2) is 0 Å². The number of amides is 4. The van der Waals surface area contributed by atoms with Crippen molar-refractivity contribution in [2.24, 2.45) is 11.7 Å². The van der Waals surface area contributed by atoms with Crippen LogP contribution in [0.5, 0.6) is 0 Å². The minimum atomic E-state index is -0.433. The molecule has 2 rings (SSSR count). The van der Waals surface area contributed by atoms with Crippen LogP contribution >= 0.6 is 0 Å². The minimum absolute atomic E-state index is 0.237. The summed E-state index contributed by atoms with van der Waals surface area (Å²) < 4.78 is 0. The topological polar surface area (TPSA) is 113 Å². The second-order valence-corrected chi connectivity index (χ2v) is 7.68. The summed E-state index contributed by atoms with van der Waals surface area (Å²) in [5.74, 6) is -0.193. The molecule has 0 aromatic heterocycles. The van der Waals surface area contributed by atoms with E-state index in [0.29, 0.717) is 31.7 Å². The largest absolute Gasteiger partial charge is 0.393 e. The lowest BCUT2D eigenvalue weighted by Gasteiger charge is -2.29. The average molecular weight is 367 g/mol. The van der Waals surface area contributed by atoms with Gasteiger partial charge < -0.3 is 15.7 Å². The van der Waals surface area contributed by atoms with Crippen LogP contribution in [0.4, 0.5) is 4.79 Å². The summed E-state index contributed by atoms with van der Waals surface area (Å²) in [7, 11) is 0. The van der Waals surface area contributed by atoms with Crippen LogP contribution < -0.4 is 11.1 Å². The fraction of sp³-hybridized carbons (Fsp3) is 0.842. The summed E-state index contributed by atoms with van der Waals surface area (Å²) in [5.41, 5.74) is 5.11. The number of nitrogens with one attached hydrogen (secondary N) is 1. The molecule has 0 aromatic carbocycles. The molecule has 4 amide bonds. The molecule has 1 aliphatic heterocycles. The number of nitrogens with zero attached hydrogens (tertiary/aromatic N) is 1. The van der Waals surface area contributed by atoms with Crippen molar-refractivity contribution in [1.29, 1.82) is 0 Å². The number of nitrogens with two attached hydrogens (primary N) is 1. The molecule has 0 spiro atoms. The lowest BCUT2D eigenvalue weighted by Crippen LogP contribution is -2.38. The van der Waals surface area contributed by atoms with Gasteiger partial charge in [0.2, 0.25) is 5.91 Å². The van der Waals surface area contributed by atoms with Gasteiger partial charge in [0.15, 0.2) is 0 Å². The summed E-state index contributed by atoms with van der Waals surface area (Å²) in [4.78, 5) is 36.4. The Bertz CT molecular complexity index is 491. The van der Waals surface area contributed by atoms with Crippen LogP contribution in [0.3, 0.4) is 0 Å². The summed E-state index contributed by atoms with van der Waals surface area (Å²) >= 11 is 0. The number of carbonyl (C=O) groups is 3. The predicted molar refractivity (Wildman–Crippen MR) is 98.1 cm³/mol. The maximum atomic E-state index is 12.1. The normalized spacial score (nSPS) is 22.5. The van der Waals surface area contributed by atoms with E-state index in [1.807, 2.05) is 0 Å². The van der Waals surface area contributed by atoms with Gasteiger partial charge in [-0.1, -0.05) is 38.5 Å². The number of aliphatic hydroxyl groups excluding tert-OH is 1. The molecule has 7 heteroatoms. The highest BCUT2D eigenvalue weighted by atomic mass is 16.3. The Morgan fingerprint density at radius 2 is 1.85 bits per heavy atom. The van der Waals surface area contributed by atoms with Gasteiger partial charge in [0.05, 0.1) is 6.10 Å². The Morgan fingerprint density at radius 3 is 2.54 bits per heavy atom. The van der Waals surface area contributed by atoms with Gasteiger partial charge in [-0.25, -0.2) is 4.79 Å². The Kier molecular flexibility index (Phi) is 8.35. The van der Waals surface area contributed by atoms with Crippen molar-refractivity contribution in [3.05, 3.63) is 0 Å². The number of rotatable bonds is 11. The maximum absolute atomic E-state index is 12.1. The molecule has 26 heavy (non-hydrogen) atoms. The van der Waals surface area contributed by atoms with Gasteiger partial charge >= 0.3 is 6.03 Å². The highest BCUT2D eigenvalue weighted by molar-refractivity contribution is 6.04. The predicted octanol–water partition coefficient (Wildman–Crippen LogP) is 2.06. The SMILES string of the molecule is NC(=O)CCCCCCC1C(=O)NC(=O)N1CCC(O)C1CCCCC1. The van der Waals surface area contributed by atoms with Gasteiger partial charge in [-0.05, 0) is 38.0 Å². The van der Waals surface area contributed by atoms with E-state index in [0.717, 1.165) is 38.5 Å². The lowest BCUT2D eigenvalue weighted by atomic mass is 9.84. The van der Waals surface area contributed by atoms with Crippen molar-refractivity contribution in [3.63, 3.8) is 0 Å². The molecular formula is C19H33N3O4. The molecule has 7 nitrogen and oxygen atoms in total. The second-order valence-electron chi connectivity index (χ2n) is 7.68. The van der Waals surface area contributed by atoms with E-state index in [-0.39, 0.29) is 17.8 Å². The van der Waals surface area contributed by atoms with E-state index in [2.05, 4.69) is 5.32 Å².